The van der Waals surface area contributed by atoms with E-state index in [0.29, 0.717) is 0 Å². The maximum absolute atomic E-state index is 4.75. The third-order valence-electron chi connectivity index (χ3n) is 13.7. The topological polar surface area (TPSA) is 12.9 Å². The Kier molecular flexibility index (Phi) is 8.92. The largest absolute Gasteiger partial charge is 0.264 e. The van der Waals surface area contributed by atoms with Gasteiger partial charge in [0.1, 0.15) is 0 Å². The highest BCUT2D eigenvalue weighted by Crippen LogP contribution is 2.48. The Morgan fingerprint density at radius 2 is 0.364 bits per heavy atom. The van der Waals surface area contributed by atoms with Crippen LogP contribution in [0.4, 0.5) is 0 Å². The van der Waals surface area contributed by atoms with Gasteiger partial charge < -0.3 is 0 Å². The van der Waals surface area contributed by atoms with Gasteiger partial charge in [-0.05, 0) is 132 Å². The summed E-state index contributed by atoms with van der Waals surface area (Å²) in [5.41, 5.74) is 14.7. The Hall–Kier alpha value is -8.65. The van der Waals surface area contributed by atoms with Gasteiger partial charge in [0.05, 0.1) is 0 Å². The van der Waals surface area contributed by atoms with E-state index >= 15 is 0 Å². The number of aromatic nitrogens is 1. The first-order valence-corrected chi connectivity index (χ1v) is 22.8. The summed E-state index contributed by atoms with van der Waals surface area (Å²) in [6.45, 7) is 0. The molecule has 1 heteroatoms. The highest BCUT2D eigenvalue weighted by Gasteiger charge is 2.21. The first-order chi connectivity index (χ1) is 32.8. The molecule has 0 aliphatic carbocycles. The van der Waals surface area contributed by atoms with Crippen molar-refractivity contribution in [3.05, 3.63) is 249 Å². The number of pyridine rings is 1. The molecule has 0 aliphatic rings. The molecule has 0 radical (unpaired) electrons. The molecular formula is C65H41N. The Balaban J connectivity index is 0.955. The molecule has 0 atom stereocenters. The molecule has 12 aromatic carbocycles. The summed E-state index contributed by atoms with van der Waals surface area (Å²) in [7, 11) is 0. The molecule has 0 spiro atoms. The summed E-state index contributed by atoms with van der Waals surface area (Å²) < 4.78 is 0. The van der Waals surface area contributed by atoms with Gasteiger partial charge >= 0.3 is 0 Å². The SMILES string of the molecule is c1ccc(-c2c3ccccc3c(-c3ccc(-c4c5ccccc5c(-c5ccc(-c6c7ccccc7c(-c7ccccc7)c7ccccc67)cc5)c5cnccc45)cc3)c3ccccc23)cc1. The van der Waals surface area contributed by atoms with Crippen molar-refractivity contribution in [2.24, 2.45) is 0 Å². The number of benzene rings is 12. The summed E-state index contributed by atoms with van der Waals surface area (Å²) >= 11 is 0. The van der Waals surface area contributed by atoms with Crippen molar-refractivity contribution in [1.29, 1.82) is 0 Å². The Morgan fingerprint density at radius 1 is 0.167 bits per heavy atom. The fourth-order valence-electron chi connectivity index (χ4n) is 11.0. The molecule has 306 valence electrons. The van der Waals surface area contributed by atoms with E-state index in [1.807, 2.05) is 6.20 Å². The third kappa shape index (κ3) is 5.98. The van der Waals surface area contributed by atoms with E-state index in [1.54, 1.807) is 0 Å². The quantitative estimate of drug-likeness (QED) is 0.152. The molecule has 0 bridgehead atoms. The fourth-order valence-corrected chi connectivity index (χ4v) is 11.0. The van der Waals surface area contributed by atoms with Crippen molar-refractivity contribution in [2.75, 3.05) is 0 Å². The number of rotatable bonds is 6. The smallest absolute Gasteiger partial charge is 0.0353 e. The van der Waals surface area contributed by atoms with Crippen LogP contribution in [0.15, 0.2) is 249 Å². The van der Waals surface area contributed by atoms with Gasteiger partial charge in [-0.1, -0.05) is 231 Å². The van der Waals surface area contributed by atoms with Crippen LogP contribution in [0, 0.1) is 0 Å². The second-order valence-corrected chi connectivity index (χ2v) is 17.3. The lowest BCUT2D eigenvalue weighted by atomic mass is 9.84. The summed E-state index contributed by atoms with van der Waals surface area (Å²) in [5, 5.41) is 14.8. The molecular weight excluding hydrogens is 795 g/mol. The Morgan fingerprint density at radius 3 is 0.621 bits per heavy atom. The minimum absolute atomic E-state index is 1.14. The van der Waals surface area contributed by atoms with Crippen molar-refractivity contribution in [3.8, 4) is 66.8 Å². The van der Waals surface area contributed by atoms with Crippen LogP contribution in [0.5, 0.6) is 0 Å². The number of nitrogens with zero attached hydrogens (tertiary/aromatic N) is 1. The van der Waals surface area contributed by atoms with Crippen LogP contribution in [0.2, 0.25) is 0 Å². The molecule has 13 aromatic rings. The molecule has 0 saturated heterocycles. The lowest BCUT2D eigenvalue weighted by molar-refractivity contribution is 1.37. The Labute approximate surface area is 383 Å². The molecule has 1 aromatic heterocycles. The molecule has 1 nitrogen and oxygen atoms in total. The van der Waals surface area contributed by atoms with Crippen LogP contribution in [-0.4, -0.2) is 4.98 Å². The molecule has 0 N–H and O–H groups in total. The summed E-state index contributed by atoms with van der Waals surface area (Å²) in [5.74, 6) is 0. The standard InChI is InChI=1S/C65H41N/c1-3-17-42(18-4-1)60-48-21-7-11-25-52(48)62(53-26-12-8-22-49(53)60)44-31-33-46(34-32-44)64-56-29-15-16-30-57(56)65(59-41-66-40-39-58(59)64)47-37-35-45(36-38-47)63-54-27-13-9-23-50(54)61(43-19-5-2-6-20-43)51-24-10-14-28-55(51)63/h1-41H. The van der Waals surface area contributed by atoms with E-state index in [9.17, 15) is 0 Å². The minimum atomic E-state index is 1.14. The van der Waals surface area contributed by atoms with Crippen LogP contribution in [0.1, 0.15) is 0 Å². The first kappa shape index (κ1) is 37.9. The van der Waals surface area contributed by atoms with E-state index in [-0.39, 0.29) is 0 Å². The zero-order valence-electron chi connectivity index (χ0n) is 36.1. The van der Waals surface area contributed by atoms with E-state index < -0.39 is 0 Å². The van der Waals surface area contributed by atoms with Crippen molar-refractivity contribution in [1.82, 2.24) is 4.98 Å². The van der Waals surface area contributed by atoms with Gasteiger partial charge in [-0.25, -0.2) is 0 Å². The normalized spacial score (nSPS) is 11.6. The van der Waals surface area contributed by atoms with Crippen molar-refractivity contribution in [3.63, 3.8) is 0 Å². The summed E-state index contributed by atoms with van der Waals surface area (Å²) in [6, 6.07) is 86.7. The van der Waals surface area contributed by atoms with Crippen LogP contribution in [0.25, 0.3) is 131 Å². The average Bonchev–Trinajstić information content (AvgIpc) is 3.39. The average molecular weight is 836 g/mol. The van der Waals surface area contributed by atoms with Gasteiger partial charge in [0, 0.05) is 17.8 Å². The predicted molar refractivity (Wildman–Crippen MR) is 282 cm³/mol. The third-order valence-corrected chi connectivity index (χ3v) is 13.7. The van der Waals surface area contributed by atoms with Gasteiger partial charge in [0.15, 0.2) is 0 Å². The van der Waals surface area contributed by atoms with Gasteiger partial charge in [0.2, 0.25) is 0 Å². The second-order valence-electron chi connectivity index (χ2n) is 17.3. The van der Waals surface area contributed by atoms with Gasteiger partial charge in [-0.15, -0.1) is 0 Å². The van der Waals surface area contributed by atoms with E-state index in [1.165, 1.54) is 126 Å². The molecule has 0 saturated carbocycles. The van der Waals surface area contributed by atoms with Gasteiger partial charge in [-0.2, -0.15) is 0 Å². The first-order valence-electron chi connectivity index (χ1n) is 22.8. The molecule has 0 aliphatic heterocycles. The van der Waals surface area contributed by atoms with E-state index in [0.717, 1.165) is 5.39 Å². The summed E-state index contributed by atoms with van der Waals surface area (Å²) in [6.07, 6.45) is 3.99. The van der Waals surface area contributed by atoms with Crippen LogP contribution < -0.4 is 0 Å². The van der Waals surface area contributed by atoms with Gasteiger partial charge in [-0.3, -0.25) is 4.98 Å². The fraction of sp³-hybridized carbons (Fsp3) is 0. The second kappa shape index (κ2) is 15.6. The van der Waals surface area contributed by atoms with Crippen LogP contribution >= 0.6 is 0 Å². The molecule has 0 unspecified atom stereocenters. The number of fused-ring (bicyclic) bond motifs is 6. The van der Waals surface area contributed by atoms with Crippen LogP contribution in [-0.2, 0) is 0 Å². The van der Waals surface area contributed by atoms with E-state index in [2.05, 4.69) is 243 Å². The Bertz CT molecular complexity index is 3570. The van der Waals surface area contributed by atoms with Crippen molar-refractivity contribution < 1.29 is 0 Å². The molecule has 13 rings (SSSR count). The van der Waals surface area contributed by atoms with Crippen LogP contribution in [0.3, 0.4) is 0 Å². The molecule has 1 heterocycles. The minimum Gasteiger partial charge on any atom is -0.264 e. The predicted octanol–water partition coefficient (Wildman–Crippen LogP) is 18.0. The van der Waals surface area contributed by atoms with Gasteiger partial charge in [0.25, 0.3) is 0 Å². The highest BCUT2D eigenvalue weighted by molar-refractivity contribution is 6.24. The summed E-state index contributed by atoms with van der Waals surface area (Å²) in [4.78, 5) is 4.75. The monoisotopic (exact) mass is 835 g/mol. The number of hydrogen-bond acceptors (Lipinski definition) is 1. The zero-order chi connectivity index (χ0) is 43.6. The highest BCUT2D eigenvalue weighted by atomic mass is 14.6. The van der Waals surface area contributed by atoms with Crippen molar-refractivity contribution >= 4 is 64.6 Å². The lowest BCUT2D eigenvalue weighted by Gasteiger charge is -2.19. The molecule has 0 fully saturated rings. The van der Waals surface area contributed by atoms with E-state index in [4.69, 9.17) is 4.98 Å². The van der Waals surface area contributed by atoms with Crippen molar-refractivity contribution in [2.45, 2.75) is 0 Å². The zero-order valence-corrected chi connectivity index (χ0v) is 36.1. The maximum atomic E-state index is 4.75. The maximum Gasteiger partial charge on any atom is 0.0353 e. The molecule has 0 amide bonds. The lowest BCUT2D eigenvalue weighted by Crippen LogP contribution is -1.93. The number of hydrogen-bond donors (Lipinski definition) is 0. The molecule has 66 heavy (non-hydrogen) atoms.